The number of halogens is 1. The van der Waals surface area contributed by atoms with Crippen LogP contribution in [0.5, 0.6) is 11.5 Å². The van der Waals surface area contributed by atoms with E-state index >= 15 is 0 Å². The second-order valence-electron chi connectivity index (χ2n) is 4.85. The van der Waals surface area contributed by atoms with Gasteiger partial charge >= 0.3 is 0 Å². The van der Waals surface area contributed by atoms with Crippen LogP contribution >= 0.6 is 11.6 Å². The van der Waals surface area contributed by atoms with E-state index in [4.69, 9.17) is 26.8 Å². The van der Waals surface area contributed by atoms with Gasteiger partial charge in [-0.3, -0.25) is 4.90 Å². The van der Waals surface area contributed by atoms with Gasteiger partial charge in [-0.15, -0.1) is 0 Å². The van der Waals surface area contributed by atoms with Crippen molar-refractivity contribution in [3.8, 4) is 11.5 Å². The topological polar surface area (TPSA) is 47.7 Å². The minimum absolute atomic E-state index is 0.111. The van der Waals surface area contributed by atoms with Crippen molar-refractivity contribution in [1.29, 1.82) is 0 Å². The van der Waals surface area contributed by atoms with Crippen molar-refractivity contribution in [3.05, 3.63) is 22.7 Å². The lowest BCUT2D eigenvalue weighted by atomic mass is 10.0. The van der Waals surface area contributed by atoms with E-state index in [-0.39, 0.29) is 6.04 Å². The van der Waals surface area contributed by atoms with Crippen LogP contribution in [0, 0.1) is 0 Å². The fourth-order valence-corrected chi connectivity index (χ4v) is 2.77. The Hall–Kier alpha value is -0.970. The van der Waals surface area contributed by atoms with Gasteiger partial charge in [0.2, 0.25) is 0 Å². The third-order valence-electron chi connectivity index (χ3n) is 3.71. The van der Waals surface area contributed by atoms with E-state index in [1.165, 1.54) is 12.8 Å². The summed E-state index contributed by atoms with van der Waals surface area (Å²) < 4.78 is 10.6. The van der Waals surface area contributed by atoms with E-state index < -0.39 is 0 Å². The Morgan fingerprint density at radius 3 is 2.53 bits per heavy atom. The van der Waals surface area contributed by atoms with Gasteiger partial charge in [-0.1, -0.05) is 17.7 Å². The van der Waals surface area contributed by atoms with Gasteiger partial charge in [-0.25, -0.2) is 0 Å². The normalized spacial score (nSPS) is 16.5. The van der Waals surface area contributed by atoms with Gasteiger partial charge in [0.1, 0.15) is 0 Å². The maximum Gasteiger partial charge on any atom is 0.179 e. The number of methoxy groups -OCH3 is 2. The molecular formula is C14H21ClN2O2. The van der Waals surface area contributed by atoms with E-state index in [2.05, 4.69) is 11.9 Å². The summed E-state index contributed by atoms with van der Waals surface area (Å²) in [5, 5.41) is 0.588. The highest BCUT2D eigenvalue weighted by Crippen LogP contribution is 2.42. The molecule has 0 bridgehead atoms. The van der Waals surface area contributed by atoms with Gasteiger partial charge in [-0.05, 0) is 31.5 Å². The molecule has 2 N–H and O–H groups in total. The van der Waals surface area contributed by atoms with Crippen LogP contribution in [0.1, 0.15) is 24.4 Å². The summed E-state index contributed by atoms with van der Waals surface area (Å²) in [5.41, 5.74) is 6.93. The molecule has 1 saturated carbocycles. The molecule has 1 aromatic carbocycles. The summed E-state index contributed by atoms with van der Waals surface area (Å²) in [5.74, 6) is 1.21. The van der Waals surface area contributed by atoms with Gasteiger partial charge in [-0.2, -0.15) is 0 Å². The summed E-state index contributed by atoms with van der Waals surface area (Å²) in [6.45, 7) is 0.530. The zero-order valence-electron chi connectivity index (χ0n) is 11.6. The van der Waals surface area contributed by atoms with Crippen molar-refractivity contribution in [2.45, 2.75) is 24.9 Å². The van der Waals surface area contributed by atoms with Crippen molar-refractivity contribution in [2.24, 2.45) is 5.73 Å². The fraction of sp³-hybridized carbons (Fsp3) is 0.571. The number of benzene rings is 1. The first kappa shape index (κ1) is 14.4. The summed E-state index contributed by atoms with van der Waals surface area (Å²) in [6.07, 6.45) is 2.47. The maximum absolute atomic E-state index is 6.45. The second kappa shape index (κ2) is 5.99. The van der Waals surface area contributed by atoms with Crippen molar-refractivity contribution in [1.82, 2.24) is 4.90 Å². The number of likely N-dealkylation sites (N-methyl/N-ethyl adjacent to an activating group) is 1. The lowest BCUT2D eigenvalue weighted by Gasteiger charge is -2.28. The fourth-order valence-electron chi connectivity index (χ4n) is 2.41. The minimum Gasteiger partial charge on any atom is -0.493 e. The average molecular weight is 285 g/mol. The quantitative estimate of drug-likeness (QED) is 0.872. The molecule has 2 rings (SSSR count). The van der Waals surface area contributed by atoms with Crippen LogP contribution in [0.25, 0.3) is 0 Å². The van der Waals surface area contributed by atoms with Crippen LogP contribution < -0.4 is 15.2 Å². The zero-order valence-corrected chi connectivity index (χ0v) is 12.4. The molecule has 1 aliphatic rings. The predicted molar refractivity (Wildman–Crippen MR) is 77.1 cm³/mol. The lowest BCUT2D eigenvalue weighted by molar-refractivity contribution is 0.239. The second-order valence-corrected chi connectivity index (χ2v) is 5.23. The van der Waals surface area contributed by atoms with Gasteiger partial charge < -0.3 is 15.2 Å². The summed E-state index contributed by atoms with van der Waals surface area (Å²) in [6, 6.07) is 4.58. The number of ether oxygens (including phenoxy) is 2. The molecule has 0 heterocycles. The Kier molecular flexibility index (Phi) is 4.55. The largest absolute Gasteiger partial charge is 0.493 e. The molecule has 1 aromatic rings. The molecule has 1 aliphatic carbocycles. The third kappa shape index (κ3) is 2.81. The zero-order chi connectivity index (χ0) is 14.0. The molecule has 19 heavy (non-hydrogen) atoms. The van der Waals surface area contributed by atoms with E-state index in [1.54, 1.807) is 14.2 Å². The Morgan fingerprint density at radius 2 is 2.05 bits per heavy atom. The van der Waals surface area contributed by atoms with Crippen molar-refractivity contribution in [3.63, 3.8) is 0 Å². The molecule has 0 saturated heterocycles. The number of hydrogen-bond acceptors (Lipinski definition) is 4. The van der Waals surface area contributed by atoms with E-state index in [0.717, 1.165) is 5.56 Å². The monoisotopic (exact) mass is 284 g/mol. The van der Waals surface area contributed by atoms with Gasteiger partial charge in [0, 0.05) is 18.6 Å². The standard InChI is InChI=1S/C14H21ClN2O2/c1-17(9-4-5-9)11(8-16)10-6-7-12(18-2)14(19-3)13(10)15/h6-7,9,11H,4-5,8,16H2,1-3H3. The Labute approximate surface area is 119 Å². The lowest BCUT2D eigenvalue weighted by Crippen LogP contribution is -2.32. The van der Waals surface area contributed by atoms with Gasteiger partial charge in [0.25, 0.3) is 0 Å². The molecule has 0 radical (unpaired) electrons. The average Bonchev–Trinajstić information content (AvgIpc) is 3.25. The Balaban J connectivity index is 2.37. The van der Waals surface area contributed by atoms with Crippen LogP contribution in [0.3, 0.4) is 0 Å². The number of nitrogens with zero attached hydrogens (tertiary/aromatic N) is 1. The molecule has 0 aromatic heterocycles. The first-order valence-electron chi connectivity index (χ1n) is 6.46. The van der Waals surface area contributed by atoms with Crippen molar-refractivity contribution >= 4 is 11.6 Å². The highest BCUT2D eigenvalue weighted by molar-refractivity contribution is 6.33. The van der Waals surface area contributed by atoms with Crippen LogP contribution in [-0.4, -0.2) is 38.8 Å². The van der Waals surface area contributed by atoms with E-state index in [0.29, 0.717) is 29.1 Å². The third-order valence-corrected chi connectivity index (χ3v) is 4.10. The van der Waals surface area contributed by atoms with Crippen molar-refractivity contribution < 1.29 is 9.47 Å². The molecule has 0 spiro atoms. The maximum atomic E-state index is 6.45. The first-order chi connectivity index (χ1) is 9.13. The summed E-state index contributed by atoms with van der Waals surface area (Å²) in [7, 11) is 5.29. The molecule has 4 nitrogen and oxygen atoms in total. The molecule has 0 amide bonds. The number of hydrogen-bond donors (Lipinski definition) is 1. The Bertz CT molecular complexity index is 449. The van der Waals surface area contributed by atoms with Crippen LogP contribution in [0.15, 0.2) is 12.1 Å². The summed E-state index contributed by atoms with van der Waals surface area (Å²) >= 11 is 6.45. The summed E-state index contributed by atoms with van der Waals surface area (Å²) in [4.78, 5) is 2.30. The predicted octanol–water partition coefficient (Wildman–Crippen LogP) is 2.45. The SMILES string of the molecule is COc1ccc(C(CN)N(C)C2CC2)c(Cl)c1OC. The van der Waals surface area contributed by atoms with Gasteiger partial charge in [0.05, 0.1) is 19.2 Å². The minimum atomic E-state index is 0.111. The highest BCUT2D eigenvalue weighted by atomic mass is 35.5. The molecule has 1 atom stereocenters. The highest BCUT2D eigenvalue weighted by Gasteiger charge is 2.32. The smallest absolute Gasteiger partial charge is 0.179 e. The molecular weight excluding hydrogens is 264 g/mol. The van der Waals surface area contributed by atoms with E-state index in [9.17, 15) is 0 Å². The number of rotatable bonds is 6. The first-order valence-corrected chi connectivity index (χ1v) is 6.84. The van der Waals surface area contributed by atoms with Crippen LogP contribution in [0.4, 0.5) is 0 Å². The molecule has 106 valence electrons. The molecule has 1 fully saturated rings. The number of nitrogens with two attached hydrogens (primary N) is 1. The molecule has 1 unspecified atom stereocenters. The van der Waals surface area contributed by atoms with Gasteiger partial charge in [0.15, 0.2) is 11.5 Å². The van der Waals surface area contributed by atoms with Crippen LogP contribution in [0.2, 0.25) is 5.02 Å². The Morgan fingerprint density at radius 1 is 1.37 bits per heavy atom. The van der Waals surface area contributed by atoms with Crippen molar-refractivity contribution in [2.75, 3.05) is 27.8 Å². The molecule has 5 heteroatoms. The van der Waals surface area contributed by atoms with E-state index in [1.807, 2.05) is 12.1 Å². The molecule has 0 aliphatic heterocycles. The van der Waals surface area contributed by atoms with Crippen LogP contribution in [-0.2, 0) is 0 Å².